The molecule has 0 heterocycles. The zero-order chi connectivity index (χ0) is 18.2. The molecule has 25 heavy (non-hydrogen) atoms. The molecule has 0 bridgehead atoms. The first-order valence-electron chi connectivity index (χ1n) is 7.93. The van der Waals surface area contributed by atoms with Crippen LogP contribution in [0.3, 0.4) is 0 Å². The Kier molecular flexibility index (Phi) is 6.60. The Morgan fingerprint density at radius 3 is 2.00 bits per heavy atom. The van der Waals surface area contributed by atoms with Gasteiger partial charge in [0.2, 0.25) is 0 Å². The summed E-state index contributed by atoms with van der Waals surface area (Å²) in [6, 6.07) is 14.2. The fourth-order valence-corrected chi connectivity index (χ4v) is 2.38. The molecule has 0 radical (unpaired) electrons. The van der Waals surface area contributed by atoms with E-state index in [0.717, 1.165) is 0 Å². The van der Waals surface area contributed by atoms with E-state index in [-0.39, 0.29) is 6.61 Å². The highest BCUT2D eigenvalue weighted by molar-refractivity contribution is 5.92. The molecule has 0 spiro atoms. The van der Waals surface area contributed by atoms with Crippen LogP contribution in [0.5, 0.6) is 11.5 Å². The highest BCUT2D eigenvalue weighted by atomic mass is 16.5. The van der Waals surface area contributed by atoms with Crippen LogP contribution in [0.15, 0.2) is 54.6 Å². The van der Waals surface area contributed by atoms with E-state index in [1.807, 2.05) is 0 Å². The van der Waals surface area contributed by atoms with E-state index in [4.69, 9.17) is 14.2 Å². The summed E-state index contributed by atoms with van der Waals surface area (Å²) < 4.78 is 15.3. The maximum atomic E-state index is 11.9. The standard InChI is InChI=1S/C20H22O5/c1-4-25-19(21)13-18(14-5-9-16(23-2)10-6-14)20(22)15-7-11-17(24-3)12-8-15/h5-13,20,22H,4H2,1-3H3. The summed E-state index contributed by atoms with van der Waals surface area (Å²) in [5.74, 6) is 0.885. The number of aliphatic hydroxyl groups excluding tert-OH is 1. The van der Waals surface area contributed by atoms with Crippen molar-refractivity contribution >= 4 is 11.5 Å². The van der Waals surface area contributed by atoms with E-state index in [1.165, 1.54) is 6.08 Å². The summed E-state index contributed by atoms with van der Waals surface area (Å²) in [7, 11) is 3.16. The molecule has 0 amide bonds. The zero-order valence-electron chi connectivity index (χ0n) is 14.6. The Morgan fingerprint density at radius 2 is 1.52 bits per heavy atom. The summed E-state index contributed by atoms with van der Waals surface area (Å²) in [5.41, 5.74) is 1.80. The van der Waals surface area contributed by atoms with Gasteiger partial charge < -0.3 is 19.3 Å². The van der Waals surface area contributed by atoms with E-state index in [0.29, 0.717) is 28.2 Å². The van der Waals surface area contributed by atoms with Crippen LogP contribution in [0.1, 0.15) is 24.2 Å². The number of methoxy groups -OCH3 is 2. The minimum Gasteiger partial charge on any atom is -0.497 e. The molecule has 5 nitrogen and oxygen atoms in total. The van der Waals surface area contributed by atoms with Crippen molar-refractivity contribution < 1.29 is 24.1 Å². The average Bonchev–Trinajstić information content (AvgIpc) is 2.66. The monoisotopic (exact) mass is 342 g/mol. The molecule has 132 valence electrons. The molecular weight excluding hydrogens is 320 g/mol. The first kappa shape index (κ1) is 18.5. The number of carbonyl (C=O) groups is 1. The normalized spacial score (nSPS) is 12.4. The van der Waals surface area contributed by atoms with E-state index < -0.39 is 12.1 Å². The van der Waals surface area contributed by atoms with Crippen LogP contribution >= 0.6 is 0 Å². The van der Waals surface area contributed by atoms with Crippen molar-refractivity contribution in [2.75, 3.05) is 20.8 Å². The summed E-state index contributed by atoms with van der Waals surface area (Å²) >= 11 is 0. The predicted octanol–water partition coefficient (Wildman–Crippen LogP) is 3.38. The van der Waals surface area contributed by atoms with Crippen LogP contribution in [-0.2, 0) is 9.53 Å². The molecule has 0 aliphatic rings. The Balaban J connectivity index is 2.39. The number of ether oxygens (including phenoxy) is 3. The Labute approximate surface area is 147 Å². The van der Waals surface area contributed by atoms with Crippen LogP contribution in [0.4, 0.5) is 0 Å². The van der Waals surface area contributed by atoms with Gasteiger partial charge in [-0.1, -0.05) is 24.3 Å². The zero-order valence-corrected chi connectivity index (χ0v) is 14.6. The van der Waals surface area contributed by atoms with Gasteiger partial charge in [-0.15, -0.1) is 0 Å². The molecule has 1 N–H and O–H groups in total. The van der Waals surface area contributed by atoms with E-state index in [9.17, 15) is 9.90 Å². The molecule has 0 saturated heterocycles. The second kappa shape index (κ2) is 8.89. The Morgan fingerprint density at radius 1 is 1.00 bits per heavy atom. The topological polar surface area (TPSA) is 65.0 Å². The van der Waals surface area contributed by atoms with E-state index in [1.54, 1.807) is 69.7 Å². The van der Waals surface area contributed by atoms with Crippen molar-refractivity contribution in [1.82, 2.24) is 0 Å². The Bertz CT molecular complexity index is 717. The molecule has 1 unspecified atom stereocenters. The fourth-order valence-electron chi connectivity index (χ4n) is 2.38. The third kappa shape index (κ3) is 4.84. The average molecular weight is 342 g/mol. The van der Waals surface area contributed by atoms with Crippen molar-refractivity contribution in [2.24, 2.45) is 0 Å². The van der Waals surface area contributed by atoms with Crippen molar-refractivity contribution in [3.05, 3.63) is 65.7 Å². The number of carbonyl (C=O) groups excluding carboxylic acids is 1. The van der Waals surface area contributed by atoms with E-state index >= 15 is 0 Å². The third-order valence-corrected chi connectivity index (χ3v) is 3.71. The van der Waals surface area contributed by atoms with Crippen molar-refractivity contribution in [2.45, 2.75) is 13.0 Å². The lowest BCUT2D eigenvalue weighted by atomic mass is 9.94. The van der Waals surface area contributed by atoms with Gasteiger partial charge in [0.15, 0.2) is 0 Å². The molecule has 2 aromatic carbocycles. The van der Waals surface area contributed by atoms with Gasteiger partial charge in [0.1, 0.15) is 17.6 Å². The lowest BCUT2D eigenvalue weighted by molar-refractivity contribution is -0.137. The molecule has 1 atom stereocenters. The Hall–Kier alpha value is -2.79. The minimum absolute atomic E-state index is 0.268. The molecule has 2 aromatic rings. The highest BCUT2D eigenvalue weighted by Gasteiger charge is 2.18. The van der Waals surface area contributed by atoms with Gasteiger partial charge in [0.05, 0.1) is 20.8 Å². The minimum atomic E-state index is -0.983. The van der Waals surface area contributed by atoms with Crippen LogP contribution in [0, 0.1) is 0 Å². The van der Waals surface area contributed by atoms with Gasteiger partial charge in [0.25, 0.3) is 0 Å². The van der Waals surface area contributed by atoms with Crippen molar-refractivity contribution in [3.63, 3.8) is 0 Å². The predicted molar refractivity (Wildman–Crippen MR) is 95.6 cm³/mol. The quantitative estimate of drug-likeness (QED) is 0.617. The van der Waals surface area contributed by atoms with Crippen LogP contribution in [0.25, 0.3) is 5.57 Å². The van der Waals surface area contributed by atoms with Gasteiger partial charge in [0, 0.05) is 6.08 Å². The molecule has 0 saturated carbocycles. The highest BCUT2D eigenvalue weighted by Crippen LogP contribution is 2.32. The smallest absolute Gasteiger partial charge is 0.331 e. The molecule has 5 heteroatoms. The van der Waals surface area contributed by atoms with Crippen LogP contribution in [0.2, 0.25) is 0 Å². The van der Waals surface area contributed by atoms with Crippen LogP contribution < -0.4 is 9.47 Å². The molecule has 0 fully saturated rings. The molecule has 0 aromatic heterocycles. The van der Waals surface area contributed by atoms with E-state index in [2.05, 4.69) is 0 Å². The molecule has 0 aliphatic carbocycles. The summed E-state index contributed by atoms with van der Waals surface area (Å²) in [6.07, 6.45) is 0.337. The first-order valence-corrected chi connectivity index (χ1v) is 7.93. The molecule has 2 rings (SSSR count). The lowest BCUT2D eigenvalue weighted by Crippen LogP contribution is -2.06. The lowest BCUT2D eigenvalue weighted by Gasteiger charge is -2.17. The number of esters is 1. The first-order chi connectivity index (χ1) is 12.1. The summed E-state index contributed by atoms with van der Waals surface area (Å²) in [6.45, 7) is 2.00. The maximum Gasteiger partial charge on any atom is 0.331 e. The second-order valence-corrected chi connectivity index (χ2v) is 5.26. The second-order valence-electron chi connectivity index (χ2n) is 5.26. The number of benzene rings is 2. The van der Waals surface area contributed by atoms with Gasteiger partial charge in [-0.05, 0) is 47.9 Å². The SMILES string of the molecule is CCOC(=O)C=C(c1ccc(OC)cc1)C(O)c1ccc(OC)cc1. The van der Waals surface area contributed by atoms with Gasteiger partial charge in [-0.3, -0.25) is 0 Å². The summed E-state index contributed by atoms with van der Waals surface area (Å²) in [4.78, 5) is 11.9. The third-order valence-electron chi connectivity index (χ3n) is 3.71. The number of hydrogen-bond acceptors (Lipinski definition) is 5. The van der Waals surface area contributed by atoms with Gasteiger partial charge in [-0.2, -0.15) is 0 Å². The van der Waals surface area contributed by atoms with Crippen LogP contribution in [-0.4, -0.2) is 31.9 Å². The van der Waals surface area contributed by atoms with Gasteiger partial charge in [-0.25, -0.2) is 4.79 Å². The largest absolute Gasteiger partial charge is 0.497 e. The van der Waals surface area contributed by atoms with Crippen molar-refractivity contribution in [3.8, 4) is 11.5 Å². The molecule has 0 aliphatic heterocycles. The fraction of sp³-hybridized carbons (Fsp3) is 0.250. The molecular formula is C20H22O5. The number of aliphatic hydroxyl groups is 1. The summed E-state index contributed by atoms with van der Waals surface area (Å²) in [5, 5.41) is 10.8. The number of rotatable bonds is 7. The maximum absolute atomic E-state index is 11.9. The number of hydrogen-bond donors (Lipinski definition) is 1. The van der Waals surface area contributed by atoms with Crippen molar-refractivity contribution in [1.29, 1.82) is 0 Å². The van der Waals surface area contributed by atoms with Gasteiger partial charge >= 0.3 is 5.97 Å².